The summed E-state index contributed by atoms with van der Waals surface area (Å²) >= 11 is 1.43. The number of pyridine rings is 6. The van der Waals surface area contributed by atoms with E-state index in [2.05, 4.69) is 41.2 Å². The summed E-state index contributed by atoms with van der Waals surface area (Å²) in [6.45, 7) is 3.58. The van der Waals surface area contributed by atoms with Crippen molar-refractivity contribution in [1.29, 1.82) is 0 Å². The number of carbonyl (C=O) groups excluding carboxylic acids is 2. The maximum Gasteiger partial charge on any atom is 0.380 e. The van der Waals surface area contributed by atoms with E-state index in [9.17, 15) is 9.59 Å². The summed E-state index contributed by atoms with van der Waals surface area (Å²) < 4.78 is 94.6. The van der Waals surface area contributed by atoms with Crippen molar-refractivity contribution < 1.29 is 35.9 Å². The molecule has 4 N–H and O–H groups in total. The molecule has 73 heavy (non-hydrogen) atoms. The van der Waals surface area contributed by atoms with E-state index >= 15 is 26.3 Å². The fraction of sp³-hybridized carbons (Fsp3) is 0.208. The highest BCUT2D eigenvalue weighted by molar-refractivity contribution is 7.14. The van der Waals surface area contributed by atoms with E-state index in [4.69, 9.17) is 9.97 Å². The lowest BCUT2D eigenvalue weighted by atomic mass is 9.95. The Labute approximate surface area is 423 Å². The Morgan fingerprint density at radius 1 is 0.466 bits per heavy atom. The molecule has 2 amide bonds. The van der Waals surface area contributed by atoms with Gasteiger partial charge in [0.1, 0.15) is 0 Å². The number of hydrogen-bond acceptors (Lipinski definition) is 12. The summed E-state index contributed by atoms with van der Waals surface area (Å²) in [6, 6.07) is 31.1. The number of nitrogens with zero attached hydrogens (tertiary/aromatic N) is 6. The van der Waals surface area contributed by atoms with Gasteiger partial charge in [0.15, 0.2) is 0 Å². The quantitative estimate of drug-likeness (QED) is 0.0481. The third kappa shape index (κ3) is 10.4. The maximum atomic E-state index is 15.9. The van der Waals surface area contributed by atoms with E-state index in [-0.39, 0.29) is 32.6 Å². The van der Waals surface area contributed by atoms with Crippen molar-refractivity contribution >= 4 is 57.0 Å². The van der Waals surface area contributed by atoms with Gasteiger partial charge >= 0.3 is 17.8 Å². The van der Waals surface area contributed by atoms with Gasteiger partial charge in [-0.05, 0) is 123 Å². The molecule has 8 aromatic rings. The molecule has 0 atom stereocenters. The van der Waals surface area contributed by atoms with Gasteiger partial charge in [-0.15, -0.1) is 22.7 Å². The molecule has 0 saturated heterocycles. The number of thiophene rings is 2. The van der Waals surface area contributed by atoms with Crippen LogP contribution in [0.4, 0.5) is 37.7 Å². The van der Waals surface area contributed by atoms with Gasteiger partial charge in [-0.1, -0.05) is 24.3 Å². The first kappa shape index (κ1) is 50.1. The number of hydrogen-bond donors (Lipinski definition) is 4. The van der Waals surface area contributed by atoms with E-state index in [0.29, 0.717) is 106 Å². The van der Waals surface area contributed by atoms with Crippen LogP contribution in [0.25, 0.3) is 56.7 Å². The minimum atomic E-state index is -5.84. The SMILES string of the molecule is Cc1sc(C(=O)NCCCNc2cc(-c3ccccn3)nc(-c3ccccn3)c2)cc1C1=C(c2cc(C(=O)NCCCNc3cc(-c4ccccn4)nc(-c4ccccn4)c3)sc2C)C(F)(F)C(F)(F)C1(F)F. The highest BCUT2D eigenvalue weighted by Gasteiger charge is 2.80. The molecule has 0 bridgehead atoms. The molecule has 0 fully saturated rings. The largest absolute Gasteiger partial charge is 0.385 e. The second kappa shape index (κ2) is 21.1. The van der Waals surface area contributed by atoms with Crippen LogP contribution in [0.15, 0.2) is 134 Å². The van der Waals surface area contributed by atoms with E-state index in [0.717, 1.165) is 12.1 Å². The van der Waals surface area contributed by atoms with Crippen LogP contribution in [0.2, 0.25) is 0 Å². The van der Waals surface area contributed by atoms with E-state index < -0.39 is 51.9 Å². The molecule has 0 spiro atoms. The number of halogens is 6. The lowest BCUT2D eigenvalue weighted by molar-refractivity contribution is -0.254. The molecule has 0 unspecified atom stereocenters. The first-order chi connectivity index (χ1) is 35.1. The standard InChI is InChI=1S/C53H44F6N10O2S2/c1-31-35(29-45(72-31)49(70)66-23-11-21-60-33-25-41(37-13-3-7-17-62-37)68-42(26-33)38-14-4-8-18-63-38)47-48(52(56,57)53(58,59)51(47,54)55)36-30-46(73-32(36)2)50(71)67-24-12-22-61-34-27-43(39-15-5-9-19-64-39)69-44(28-34)40-16-6-10-20-65-40/h3-10,13-20,25-30H,11-12,21-24H2,1-2H3,(H,60,68)(H,61,69)(H,66,70)(H,67,71). The van der Waals surface area contributed by atoms with Crippen LogP contribution in [-0.4, -0.2) is 85.7 Å². The molecular formula is C53H44F6N10O2S2. The number of allylic oxidation sites excluding steroid dienone is 2. The van der Waals surface area contributed by atoms with Crippen molar-refractivity contribution in [2.75, 3.05) is 36.8 Å². The first-order valence-electron chi connectivity index (χ1n) is 23.0. The highest BCUT2D eigenvalue weighted by Crippen LogP contribution is 2.65. The molecule has 372 valence electrons. The zero-order chi connectivity index (χ0) is 51.3. The van der Waals surface area contributed by atoms with Crippen molar-refractivity contribution in [3.05, 3.63) is 165 Å². The Morgan fingerprint density at radius 3 is 1.10 bits per heavy atom. The second-order valence-electron chi connectivity index (χ2n) is 16.8. The van der Waals surface area contributed by atoms with Gasteiger partial charge in [0.05, 0.1) is 55.3 Å². The molecular weight excluding hydrogens is 987 g/mol. The van der Waals surface area contributed by atoms with E-state index in [1.165, 1.54) is 13.8 Å². The zero-order valence-corrected chi connectivity index (χ0v) is 40.7. The Bertz CT molecular complexity index is 2970. The molecule has 8 aromatic heterocycles. The normalized spacial score (nSPS) is 14.5. The minimum Gasteiger partial charge on any atom is -0.385 e. The van der Waals surface area contributed by atoms with E-state index in [1.807, 2.05) is 72.8 Å². The average molecular weight is 1030 g/mol. The molecule has 0 saturated carbocycles. The molecule has 0 radical (unpaired) electrons. The van der Waals surface area contributed by atoms with Crippen molar-refractivity contribution in [3.63, 3.8) is 0 Å². The maximum absolute atomic E-state index is 15.9. The molecule has 20 heteroatoms. The summed E-state index contributed by atoms with van der Waals surface area (Å²) in [5.74, 6) is -18.0. The smallest absolute Gasteiger partial charge is 0.380 e. The molecule has 1 aliphatic carbocycles. The number of carbonyl (C=O) groups is 2. The summed E-state index contributed by atoms with van der Waals surface area (Å²) in [5, 5.41) is 12.0. The predicted octanol–water partition coefficient (Wildman–Crippen LogP) is 11.8. The Morgan fingerprint density at radius 2 is 0.795 bits per heavy atom. The van der Waals surface area contributed by atoms with Crippen LogP contribution < -0.4 is 21.3 Å². The van der Waals surface area contributed by atoms with Crippen LogP contribution >= 0.6 is 22.7 Å². The van der Waals surface area contributed by atoms with Gasteiger partial charge in [-0.3, -0.25) is 29.5 Å². The summed E-state index contributed by atoms with van der Waals surface area (Å²) in [7, 11) is 0. The lowest BCUT2D eigenvalue weighted by Gasteiger charge is -2.25. The van der Waals surface area contributed by atoms with Gasteiger partial charge < -0.3 is 21.3 Å². The van der Waals surface area contributed by atoms with Crippen LogP contribution in [0.5, 0.6) is 0 Å². The number of rotatable bonds is 18. The first-order valence-corrected chi connectivity index (χ1v) is 24.6. The van der Waals surface area contributed by atoms with Gasteiger partial charge in [0, 0.05) is 83.2 Å². The number of anilines is 2. The van der Waals surface area contributed by atoms with Gasteiger partial charge in [0.25, 0.3) is 11.8 Å². The molecule has 0 aliphatic heterocycles. The van der Waals surface area contributed by atoms with Gasteiger partial charge in [-0.2, -0.15) is 26.3 Å². The van der Waals surface area contributed by atoms with Crippen LogP contribution in [0.1, 0.15) is 53.1 Å². The molecule has 9 rings (SSSR count). The Balaban J connectivity index is 0.859. The third-order valence-electron chi connectivity index (χ3n) is 11.8. The van der Waals surface area contributed by atoms with Crippen molar-refractivity contribution in [2.24, 2.45) is 0 Å². The fourth-order valence-corrected chi connectivity index (χ4v) is 10.1. The predicted molar refractivity (Wildman–Crippen MR) is 272 cm³/mol. The zero-order valence-electron chi connectivity index (χ0n) is 39.0. The van der Waals surface area contributed by atoms with Crippen LogP contribution in [-0.2, 0) is 0 Å². The van der Waals surface area contributed by atoms with Crippen LogP contribution in [0.3, 0.4) is 0 Å². The lowest BCUT2D eigenvalue weighted by Crippen LogP contribution is -2.48. The van der Waals surface area contributed by atoms with Gasteiger partial charge in [-0.25, -0.2) is 9.97 Å². The Hall–Kier alpha value is -7.84. The molecule has 12 nitrogen and oxygen atoms in total. The van der Waals surface area contributed by atoms with Crippen molar-refractivity contribution in [3.8, 4) is 45.6 Å². The van der Waals surface area contributed by atoms with Crippen molar-refractivity contribution in [1.82, 2.24) is 40.5 Å². The molecule has 0 aromatic carbocycles. The number of aryl methyl sites for hydroxylation is 2. The second-order valence-corrected chi connectivity index (χ2v) is 19.3. The summed E-state index contributed by atoms with van der Waals surface area (Å²) in [6.07, 6.45) is 7.43. The van der Waals surface area contributed by atoms with Crippen LogP contribution in [0, 0.1) is 13.8 Å². The monoisotopic (exact) mass is 1030 g/mol. The Kier molecular flexibility index (Phi) is 14.5. The number of alkyl halides is 6. The van der Waals surface area contributed by atoms with E-state index in [1.54, 1.807) is 49.1 Å². The number of aromatic nitrogens is 6. The minimum absolute atomic E-state index is 0.0512. The number of amides is 2. The molecule has 1 aliphatic rings. The summed E-state index contributed by atoms with van der Waals surface area (Å²) in [5.41, 5.74) is 2.03. The topological polar surface area (TPSA) is 160 Å². The van der Waals surface area contributed by atoms with Crippen molar-refractivity contribution in [2.45, 2.75) is 44.5 Å². The third-order valence-corrected chi connectivity index (χ3v) is 13.9. The summed E-state index contributed by atoms with van der Waals surface area (Å²) in [4.78, 5) is 53.5. The van der Waals surface area contributed by atoms with Gasteiger partial charge in [0.2, 0.25) is 0 Å². The average Bonchev–Trinajstić information content (AvgIpc) is 4.03. The highest BCUT2D eigenvalue weighted by atomic mass is 32.1. The molecule has 8 heterocycles. The number of nitrogens with one attached hydrogen (secondary N) is 4. The fourth-order valence-electron chi connectivity index (χ4n) is 8.18.